The van der Waals surface area contributed by atoms with Gasteiger partial charge < -0.3 is 4.98 Å². The van der Waals surface area contributed by atoms with Gasteiger partial charge in [0.2, 0.25) is 0 Å². The molecule has 2 aliphatic rings. The van der Waals surface area contributed by atoms with Crippen LogP contribution in [0.4, 0.5) is 0 Å². The van der Waals surface area contributed by atoms with Crippen LogP contribution in [0, 0.1) is 5.92 Å². The molecule has 0 spiro atoms. The summed E-state index contributed by atoms with van der Waals surface area (Å²) in [6.07, 6.45) is 13.5. The lowest BCUT2D eigenvalue weighted by Gasteiger charge is -2.07. The lowest BCUT2D eigenvalue weighted by molar-refractivity contribution is 0.498. The van der Waals surface area contributed by atoms with Gasteiger partial charge in [-0.15, -0.1) is 0 Å². The van der Waals surface area contributed by atoms with Crippen molar-refractivity contribution in [3.63, 3.8) is 0 Å². The summed E-state index contributed by atoms with van der Waals surface area (Å²) >= 11 is 0. The molecule has 0 saturated heterocycles. The number of fused-ring (bicyclic) bond motifs is 1. The standard InChI is InChI=1S/C14H22N2/c1-2-6-11(5-1)9-10-14-15-12-7-3-4-8-13(12)16-14/h11H,1-10H2,(H,15,16). The van der Waals surface area contributed by atoms with Crippen molar-refractivity contribution < 1.29 is 0 Å². The number of aromatic nitrogens is 2. The van der Waals surface area contributed by atoms with Gasteiger partial charge in [0.05, 0.1) is 5.69 Å². The van der Waals surface area contributed by atoms with Crippen LogP contribution in [-0.4, -0.2) is 9.97 Å². The maximum atomic E-state index is 4.76. The third-order valence-electron chi connectivity index (χ3n) is 4.27. The first-order valence-corrected chi connectivity index (χ1v) is 6.98. The highest BCUT2D eigenvalue weighted by Gasteiger charge is 2.17. The zero-order valence-corrected chi connectivity index (χ0v) is 10.1. The number of aryl methyl sites for hydroxylation is 3. The maximum Gasteiger partial charge on any atom is 0.106 e. The van der Waals surface area contributed by atoms with Crippen molar-refractivity contribution in [3.8, 4) is 0 Å². The molecule has 3 rings (SSSR count). The number of H-pyrrole nitrogens is 1. The zero-order chi connectivity index (χ0) is 10.8. The van der Waals surface area contributed by atoms with Gasteiger partial charge in [0, 0.05) is 12.1 Å². The minimum Gasteiger partial charge on any atom is -0.346 e. The molecule has 0 unspecified atom stereocenters. The van der Waals surface area contributed by atoms with Crippen molar-refractivity contribution in [2.45, 2.75) is 64.2 Å². The topological polar surface area (TPSA) is 28.7 Å². The molecule has 16 heavy (non-hydrogen) atoms. The Morgan fingerprint density at radius 3 is 2.69 bits per heavy atom. The number of imidazole rings is 1. The van der Waals surface area contributed by atoms with Gasteiger partial charge in [-0.05, 0) is 38.0 Å². The molecule has 1 aromatic heterocycles. The lowest BCUT2D eigenvalue weighted by atomic mass is 10.0. The van der Waals surface area contributed by atoms with Gasteiger partial charge in [-0.1, -0.05) is 25.7 Å². The number of rotatable bonds is 3. The second-order valence-corrected chi connectivity index (χ2v) is 5.51. The first kappa shape index (κ1) is 10.4. The summed E-state index contributed by atoms with van der Waals surface area (Å²) in [5, 5.41) is 0. The highest BCUT2D eigenvalue weighted by atomic mass is 14.9. The van der Waals surface area contributed by atoms with Gasteiger partial charge in [-0.2, -0.15) is 0 Å². The van der Waals surface area contributed by atoms with Crippen LogP contribution in [-0.2, 0) is 19.3 Å². The van der Waals surface area contributed by atoms with Crippen LogP contribution < -0.4 is 0 Å². The smallest absolute Gasteiger partial charge is 0.106 e. The molecule has 2 heteroatoms. The molecular weight excluding hydrogens is 196 g/mol. The summed E-state index contributed by atoms with van der Waals surface area (Å²) in [5.74, 6) is 2.25. The van der Waals surface area contributed by atoms with Gasteiger partial charge in [0.25, 0.3) is 0 Å². The van der Waals surface area contributed by atoms with E-state index in [2.05, 4.69) is 4.98 Å². The first-order chi connectivity index (χ1) is 7.92. The molecule has 2 aliphatic carbocycles. The van der Waals surface area contributed by atoms with Gasteiger partial charge >= 0.3 is 0 Å². The third kappa shape index (κ3) is 2.16. The Labute approximate surface area is 97.9 Å². The van der Waals surface area contributed by atoms with E-state index >= 15 is 0 Å². The predicted octanol–water partition coefficient (Wildman–Crippen LogP) is 3.41. The SMILES string of the molecule is C1CCc2[nH]c(CCC3CCCC3)nc2C1. The fraction of sp³-hybridized carbons (Fsp3) is 0.786. The van der Waals surface area contributed by atoms with Crippen molar-refractivity contribution in [1.82, 2.24) is 9.97 Å². The van der Waals surface area contributed by atoms with Gasteiger partial charge in [0.1, 0.15) is 5.82 Å². The molecule has 2 nitrogen and oxygen atoms in total. The van der Waals surface area contributed by atoms with Crippen LogP contribution in [0.5, 0.6) is 0 Å². The van der Waals surface area contributed by atoms with Crippen molar-refractivity contribution in [2.24, 2.45) is 5.92 Å². The summed E-state index contributed by atoms with van der Waals surface area (Å²) in [6, 6.07) is 0. The predicted molar refractivity (Wildman–Crippen MR) is 65.5 cm³/mol. The minimum absolute atomic E-state index is 0.988. The van der Waals surface area contributed by atoms with Crippen molar-refractivity contribution in [3.05, 3.63) is 17.2 Å². The molecule has 0 bridgehead atoms. The van der Waals surface area contributed by atoms with Gasteiger partial charge in [-0.25, -0.2) is 4.98 Å². The monoisotopic (exact) mass is 218 g/mol. The molecule has 1 aromatic rings. The van der Waals surface area contributed by atoms with Crippen molar-refractivity contribution in [1.29, 1.82) is 0 Å². The molecule has 1 N–H and O–H groups in total. The molecule has 88 valence electrons. The first-order valence-electron chi connectivity index (χ1n) is 6.98. The Hall–Kier alpha value is -0.790. The zero-order valence-electron chi connectivity index (χ0n) is 10.1. The van der Waals surface area contributed by atoms with Crippen LogP contribution in [0.15, 0.2) is 0 Å². The molecule has 0 atom stereocenters. The summed E-state index contributed by atoms with van der Waals surface area (Å²) in [6.45, 7) is 0. The Bertz CT molecular complexity index is 324. The number of aromatic amines is 1. The van der Waals surface area contributed by atoms with E-state index in [9.17, 15) is 0 Å². The van der Waals surface area contributed by atoms with E-state index in [1.165, 1.54) is 81.4 Å². The molecular formula is C14H22N2. The summed E-state index contributed by atoms with van der Waals surface area (Å²) in [5.41, 5.74) is 2.81. The van der Waals surface area contributed by atoms with E-state index in [0.717, 1.165) is 5.92 Å². The second-order valence-electron chi connectivity index (χ2n) is 5.51. The Morgan fingerprint density at radius 1 is 1.06 bits per heavy atom. The Kier molecular flexibility index (Phi) is 2.98. The molecule has 0 amide bonds. The van der Waals surface area contributed by atoms with E-state index in [-0.39, 0.29) is 0 Å². The highest BCUT2D eigenvalue weighted by Crippen LogP contribution is 2.28. The van der Waals surface area contributed by atoms with Crippen LogP contribution >= 0.6 is 0 Å². The van der Waals surface area contributed by atoms with Gasteiger partial charge in [0.15, 0.2) is 0 Å². The van der Waals surface area contributed by atoms with E-state index in [1.807, 2.05) is 0 Å². The summed E-state index contributed by atoms with van der Waals surface area (Å²) in [4.78, 5) is 8.30. The maximum absolute atomic E-state index is 4.76. The normalized spacial score (nSPS) is 21.2. The van der Waals surface area contributed by atoms with E-state index in [0.29, 0.717) is 0 Å². The lowest BCUT2D eigenvalue weighted by Crippen LogP contribution is -2.00. The minimum atomic E-state index is 0.988. The second kappa shape index (κ2) is 4.60. The largest absolute Gasteiger partial charge is 0.346 e. The van der Waals surface area contributed by atoms with Crippen LogP contribution in [0.2, 0.25) is 0 Å². The fourth-order valence-electron chi connectivity index (χ4n) is 3.27. The Balaban J connectivity index is 1.59. The molecule has 0 aromatic carbocycles. The molecule has 0 radical (unpaired) electrons. The number of nitrogens with zero attached hydrogens (tertiary/aromatic N) is 1. The van der Waals surface area contributed by atoms with Gasteiger partial charge in [-0.3, -0.25) is 0 Å². The van der Waals surface area contributed by atoms with Crippen LogP contribution in [0.25, 0.3) is 0 Å². The fourth-order valence-corrected chi connectivity index (χ4v) is 3.27. The number of hydrogen-bond donors (Lipinski definition) is 1. The average molecular weight is 218 g/mol. The van der Waals surface area contributed by atoms with Crippen LogP contribution in [0.1, 0.15) is 62.2 Å². The van der Waals surface area contributed by atoms with E-state index < -0.39 is 0 Å². The molecule has 1 heterocycles. The Morgan fingerprint density at radius 2 is 1.88 bits per heavy atom. The summed E-state index contributed by atoms with van der Waals surface area (Å²) in [7, 11) is 0. The number of nitrogens with one attached hydrogen (secondary N) is 1. The van der Waals surface area contributed by atoms with E-state index in [4.69, 9.17) is 4.98 Å². The quantitative estimate of drug-likeness (QED) is 0.827. The van der Waals surface area contributed by atoms with Crippen LogP contribution in [0.3, 0.4) is 0 Å². The molecule has 1 fully saturated rings. The van der Waals surface area contributed by atoms with Crippen molar-refractivity contribution >= 4 is 0 Å². The third-order valence-corrected chi connectivity index (χ3v) is 4.27. The summed E-state index contributed by atoms with van der Waals surface area (Å²) < 4.78 is 0. The molecule has 0 aliphatic heterocycles. The molecule has 1 saturated carbocycles. The number of hydrogen-bond acceptors (Lipinski definition) is 1. The average Bonchev–Trinajstić information content (AvgIpc) is 2.95. The highest BCUT2D eigenvalue weighted by molar-refractivity contribution is 5.17. The van der Waals surface area contributed by atoms with E-state index in [1.54, 1.807) is 0 Å². The van der Waals surface area contributed by atoms with Crippen molar-refractivity contribution in [2.75, 3.05) is 0 Å².